The summed E-state index contributed by atoms with van der Waals surface area (Å²) in [7, 11) is 0.986. The van der Waals surface area contributed by atoms with Crippen LogP contribution < -0.4 is 5.32 Å². The number of carbonyl (C=O) groups excluding carboxylic acids is 2. The second-order valence-corrected chi connectivity index (χ2v) is 5.80. The van der Waals surface area contributed by atoms with Gasteiger partial charge in [0.15, 0.2) is 16.6 Å². The number of fused-ring (bicyclic) bond motifs is 3. The topological polar surface area (TPSA) is 98.5 Å². The Bertz CT molecular complexity index is 1040. The molecule has 0 spiro atoms. The SMILES string of the molecule is COC(=O)[C@H](Cc1nnc2c3ccccc3c(Cl)nn12)NC(=O)C(F)(F)F. The minimum Gasteiger partial charge on any atom is -0.467 e. The van der Waals surface area contributed by atoms with Gasteiger partial charge in [-0.15, -0.1) is 10.2 Å². The van der Waals surface area contributed by atoms with Crippen molar-refractivity contribution in [3.05, 3.63) is 35.2 Å². The van der Waals surface area contributed by atoms with E-state index in [0.717, 1.165) is 7.11 Å². The van der Waals surface area contributed by atoms with Crippen molar-refractivity contribution < 1.29 is 27.5 Å². The number of nitrogens with zero attached hydrogens (tertiary/aromatic N) is 4. The molecule has 2 aromatic heterocycles. The maximum atomic E-state index is 12.5. The molecule has 0 saturated carbocycles. The highest BCUT2D eigenvalue weighted by atomic mass is 35.5. The molecule has 27 heavy (non-hydrogen) atoms. The second kappa shape index (κ2) is 6.99. The smallest absolute Gasteiger partial charge is 0.467 e. The van der Waals surface area contributed by atoms with E-state index in [1.165, 1.54) is 4.52 Å². The van der Waals surface area contributed by atoms with E-state index in [9.17, 15) is 22.8 Å². The molecule has 142 valence electrons. The number of carbonyl (C=O) groups is 2. The average molecular weight is 402 g/mol. The van der Waals surface area contributed by atoms with E-state index in [4.69, 9.17) is 11.6 Å². The Kier molecular flexibility index (Phi) is 4.87. The van der Waals surface area contributed by atoms with E-state index in [-0.39, 0.29) is 11.0 Å². The zero-order valence-electron chi connectivity index (χ0n) is 13.6. The summed E-state index contributed by atoms with van der Waals surface area (Å²) in [5.74, 6) is -3.32. The van der Waals surface area contributed by atoms with Crippen molar-refractivity contribution in [2.75, 3.05) is 7.11 Å². The standard InChI is InChI=1S/C15H11ClF3N5O3/c1-27-13(25)9(20-14(26)15(17,18)19)6-10-21-22-12-8-5-3-2-4-7(8)11(16)23-24(10)12/h2-5,9H,6H2,1H3,(H,20,26)/t9-/m0/s1. The molecule has 0 aliphatic carbocycles. The third-order valence-electron chi connectivity index (χ3n) is 3.72. The zero-order chi connectivity index (χ0) is 19.8. The highest BCUT2D eigenvalue weighted by molar-refractivity contribution is 6.34. The number of halogens is 4. The molecule has 1 amide bonds. The maximum Gasteiger partial charge on any atom is 0.471 e. The number of benzene rings is 1. The summed E-state index contributed by atoms with van der Waals surface area (Å²) < 4.78 is 43.2. The minimum absolute atomic E-state index is 0.0236. The van der Waals surface area contributed by atoms with Gasteiger partial charge in [0.25, 0.3) is 0 Å². The monoisotopic (exact) mass is 401 g/mol. The molecule has 0 aliphatic heterocycles. The van der Waals surface area contributed by atoms with Crippen molar-refractivity contribution in [1.29, 1.82) is 0 Å². The molecule has 0 saturated heterocycles. The molecule has 0 unspecified atom stereocenters. The van der Waals surface area contributed by atoms with Crippen LogP contribution in [-0.4, -0.2) is 51.0 Å². The maximum absolute atomic E-state index is 12.5. The molecule has 8 nitrogen and oxygen atoms in total. The van der Waals surface area contributed by atoms with Crippen molar-refractivity contribution in [3.63, 3.8) is 0 Å². The first-order valence-electron chi connectivity index (χ1n) is 7.46. The highest BCUT2D eigenvalue weighted by Gasteiger charge is 2.41. The van der Waals surface area contributed by atoms with Gasteiger partial charge in [-0.3, -0.25) is 4.79 Å². The zero-order valence-corrected chi connectivity index (χ0v) is 14.4. The van der Waals surface area contributed by atoms with E-state index in [1.54, 1.807) is 29.6 Å². The molecule has 0 aliphatic rings. The molecule has 3 aromatic rings. The number of hydrogen-bond donors (Lipinski definition) is 1. The van der Waals surface area contributed by atoms with Crippen LogP contribution >= 0.6 is 11.6 Å². The molecular weight excluding hydrogens is 391 g/mol. The lowest BCUT2D eigenvalue weighted by atomic mass is 10.2. The van der Waals surface area contributed by atoms with Crippen molar-refractivity contribution in [1.82, 2.24) is 25.1 Å². The van der Waals surface area contributed by atoms with Crippen LogP contribution in [0.25, 0.3) is 16.4 Å². The Morgan fingerprint density at radius 2 is 1.93 bits per heavy atom. The van der Waals surface area contributed by atoms with Gasteiger partial charge < -0.3 is 10.1 Å². The van der Waals surface area contributed by atoms with Gasteiger partial charge in [0.2, 0.25) is 0 Å². The van der Waals surface area contributed by atoms with Crippen LogP contribution in [0.5, 0.6) is 0 Å². The van der Waals surface area contributed by atoms with Crippen LogP contribution in [0.3, 0.4) is 0 Å². The molecule has 1 N–H and O–H groups in total. The number of rotatable bonds is 4. The Morgan fingerprint density at radius 1 is 1.26 bits per heavy atom. The van der Waals surface area contributed by atoms with E-state index in [1.807, 2.05) is 0 Å². The summed E-state index contributed by atoms with van der Waals surface area (Å²) in [6, 6.07) is 5.31. The van der Waals surface area contributed by atoms with Gasteiger partial charge in [0.1, 0.15) is 6.04 Å². The average Bonchev–Trinajstić information content (AvgIpc) is 3.02. The number of ether oxygens (including phenoxy) is 1. The summed E-state index contributed by atoms with van der Waals surface area (Å²) in [5.41, 5.74) is 0.302. The summed E-state index contributed by atoms with van der Waals surface area (Å²) in [6.07, 6.45) is -5.59. The number of hydrogen-bond acceptors (Lipinski definition) is 6. The van der Waals surface area contributed by atoms with Gasteiger partial charge in [-0.25, -0.2) is 4.79 Å². The second-order valence-electron chi connectivity index (χ2n) is 5.44. The molecule has 0 bridgehead atoms. The molecule has 0 radical (unpaired) electrons. The van der Waals surface area contributed by atoms with Crippen LogP contribution in [0.15, 0.2) is 24.3 Å². The Hall–Kier alpha value is -2.95. The van der Waals surface area contributed by atoms with E-state index >= 15 is 0 Å². The van der Waals surface area contributed by atoms with E-state index < -0.39 is 30.5 Å². The first-order chi connectivity index (χ1) is 12.7. The van der Waals surface area contributed by atoms with Gasteiger partial charge in [-0.1, -0.05) is 35.9 Å². The molecule has 1 aromatic carbocycles. The number of nitrogens with one attached hydrogen (secondary N) is 1. The molecule has 12 heteroatoms. The van der Waals surface area contributed by atoms with Crippen molar-refractivity contribution in [2.24, 2.45) is 0 Å². The number of methoxy groups -OCH3 is 1. The van der Waals surface area contributed by atoms with Gasteiger partial charge in [0, 0.05) is 17.2 Å². The first kappa shape index (κ1) is 18.8. The van der Waals surface area contributed by atoms with Crippen LogP contribution in [0.2, 0.25) is 5.15 Å². The lowest BCUT2D eigenvalue weighted by Gasteiger charge is -2.16. The largest absolute Gasteiger partial charge is 0.471 e. The quantitative estimate of drug-likeness (QED) is 0.668. The van der Waals surface area contributed by atoms with E-state index in [0.29, 0.717) is 16.4 Å². The highest BCUT2D eigenvalue weighted by Crippen LogP contribution is 2.24. The van der Waals surface area contributed by atoms with Crippen LogP contribution in [-0.2, 0) is 20.7 Å². The Morgan fingerprint density at radius 3 is 2.56 bits per heavy atom. The third kappa shape index (κ3) is 3.63. The van der Waals surface area contributed by atoms with Crippen molar-refractivity contribution in [2.45, 2.75) is 18.6 Å². The molecule has 3 rings (SSSR count). The van der Waals surface area contributed by atoms with Crippen LogP contribution in [0, 0.1) is 0 Å². The fourth-order valence-corrected chi connectivity index (χ4v) is 2.71. The first-order valence-corrected chi connectivity index (χ1v) is 7.84. The van der Waals surface area contributed by atoms with Gasteiger partial charge in [0.05, 0.1) is 7.11 Å². The van der Waals surface area contributed by atoms with Gasteiger partial charge >= 0.3 is 18.1 Å². The normalized spacial score (nSPS) is 12.9. The van der Waals surface area contributed by atoms with E-state index in [2.05, 4.69) is 20.0 Å². The molecule has 2 heterocycles. The number of esters is 1. The third-order valence-corrected chi connectivity index (χ3v) is 4.00. The number of amides is 1. The van der Waals surface area contributed by atoms with Crippen molar-refractivity contribution in [3.8, 4) is 0 Å². The fraction of sp³-hybridized carbons (Fsp3) is 0.267. The van der Waals surface area contributed by atoms with Gasteiger partial charge in [-0.05, 0) is 0 Å². The van der Waals surface area contributed by atoms with Crippen LogP contribution in [0.4, 0.5) is 13.2 Å². The lowest BCUT2D eigenvalue weighted by Crippen LogP contribution is -2.48. The summed E-state index contributed by atoms with van der Waals surface area (Å²) in [4.78, 5) is 23.0. The molecule has 0 fully saturated rings. The molecular formula is C15H11ClF3N5O3. The predicted octanol–water partition coefficient (Wildman–Crippen LogP) is 1.69. The predicted molar refractivity (Wildman–Crippen MR) is 87.0 cm³/mol. The van der Waals surface area contributed by atoms with Crippen LogP contribution in [0.1, 0.15) is 5.82 Å². The summed E-state index contributed by atoms with van der Waals surface area (Å²) in [5, 5.41) is 14.9. The molecule has 1 atom stereocenters. The summed E-state index contributed by atoms with van der Waals surface area (Å²) >= 11 is 6.14. The number of aromatic nitrogens is 4. The van der Waals surface area contributed by atoms with Gasteiger partial charge in [-0.2, -0.15) is 22.8 Å². The Labute approximate surface area is 154 Å². The Balaban J connectivity index is 2.00. The fourth-order valence-electron chi connectivity index (χ4n) is 2.47. The minimum atomic E-state index is -5.16. The number of alkyl halides is 3. The van der Waals surface area contributed by atoms with Crippen molar-refractivity contribution >= 4 is 39.9 Å². The lowest BCUT2D eigenvalue weighted by molar-refractivity contribution is -0.175. The summed E-state index contributed by atoms with van der Waals surface area (Å²) in [6.45, 7) is 0.